The number of ketones is 1. The summed E-state index contributed by atoms with van der Waals surface area (Å²) in [5, 5.41) is 0.856. The van der Waals surface area contributed by atoms with Gasteiger partial charge in [0.25, 0.3) is 0 Å². The first-order chi connectivity index (χ1) is 19.5. The minimum absolute atomic E-state index is 0.109. The minimum Gasteiger partial charge on any atom is -0.304 e. The van der Waals surface area contributed by atoms with Crippen molar-refractivity contribution in [2.24, 2.45) is 4.99 Å². The number of rotatable bonds is 8. The Bertz CT molecular complexity index is 1560. The Hall–Kier alpha value is -3.78. The molecule has 1 saturated heterocycles. The molecule has 1 fully saturated rings. The topological polar surface area (TPSA) is 61.7 Å². The molecule has 2 aliphatic rings. The number of carbonyl (C=O) groups is 1. The standard InChI is InChI=1S/C33H33N5OS/c1-23-33(26-10-12-29-27(19-26)21-35-30(29)13-11-28-5-3-4-14-34-28)40-32(36-23)20-31(39)25-8-6-24(7-9-25)22-38-17-15-37(2)16-18-38/h3-14,19H,15-18,20-22H2,1-2H3/b13-11+. The molecule has 0 radical (unpaired) electrons. The molecule has 0 unspecified atom stereocenters. The fourth-order valence-corrected chi connectivity index (χ4v) is 6.31. The maximum absolute atomic E-state index is 13.1. The summed E-state index contributed by atoms with van der Waals surface area (Å²) in [5.41, 5.74) is 8.36. The van der Waals surface area contributed by atoms with Crippen LogP contribution in [0.1, 0.15) is 43.4 Å². The van der Waals surface area contributed by atoms with Crippen molar-refractivity contribution in [3.05, 3.63) is 112 Å². The lowest BCUT2D eigenvalue weighted by Gasteiger charge is -2.32. The Kier molecular flexibility index (Phi) is 7.77. The van der Waals surface area contributed by atoms with E-state index in [-0.39, 0.29) is 5.78 Å². The van der Waals surface area contributed by atoms with Gasteiger partial charge < -0.3 is 4.90 Å². The van der Waals surface area contributed by atoms with Crippen LogP contribution in [0.2, 0.25) is 0 Å². The number of hydrogen-bond acceptors (Lipinski definition) is 7. The number of pyridine rings is 1. The van der Waals surface area contributed by atoms with E-state index >= 15 is 0 Å². The predicted molar refractivity (Wildman–Crippen MR) is 163 cm³/mol. The molecule has 0 bridgehead atoms. The Morgan fingerprint density at radius 3 is 2.60 bits per heavy atom. The van der Waals surface area contributed by atoms with Gasteiger partial charge >= 0.3 is 0 Å². The number of piperazine rings is 1. The highest BCUT2D eigenvalue weighted by molar-refractivity contribution is 7.15. The highest BCUT2D eigenvalue weighted by Crippen LogP contribution is 2.33. The summed E-state index contributed by atoms with van der Waals surface area (Å²) < 4.78 is 0. The number of Topliss-reactive ketones (excluding diaryl/α,β-unsaturated/α-hetero) is 1. The lowest BCUT2D eigenvalue weighted by atomic mass is 10.0. The SMILES string of the molecule is Cc1nc(CC(=O)c2ccc(CN3CCN(C)CC3)cc2)sc1-c1ccc2c(c1)CN=C2/C=C/c1ccccn1. The Labute approximate surface area is 239 Å². The number of allylic oxidation sites excluding steroid dienone is 1. The molecule has 2 aromatic heterocycles. The van der Waals surface area contributed by atoms with Crippen molar-refractivity contribution in [1.82, 2.24) is 19.8 Å². The van der Waals surface area contributed by atoms with E-state index in [2.05, 4.69) is 52.2 Å². The first kappa shape index (κ1) is 26.4. The second-order valence-electron chi connectivity index (χ2n) is 10.6. The zero-order valence-electron chi connectivity index (χ0n) is 23.0. The number of fused-ring (bicyclic) bond motifs is 1. The number of aromatic nitrogens is 2. The molecule has 7 heteroatoms. The Morgan fingerprint density at radius 1 is 1.00 bits per heavy atom. The van der Waals surface area contributed by atoms with Crippen LogP contribution in [0.5, 0.6) is 0 Å². The summed E-state index contributed by atoms with van der Waals surface area (Å²) in [7, 11) is 2.17. The van der Waals surface area contributed by atoms with Crippen molar-refractivity contribution in [3.8, 4) is 10.4 Å². The third-order valence-electron chi connectivity index (χ3n) is 7.59. The van der Waals surface area contributed by atoms with Crippen molar-refractivity contribution in [3.63, 3.8) is 0 Å². The van der Waals surface area contributed by atoms with Crippen LogP contribution in [0.4, 0.5) is 0 Å². The van der Waals surface area contributed by atoms with E-state index < -0.39 is 0 Å². The molecule has 0 spiro atoms. The molecule has 2 aliphatic heterocycles. The maximum atomic E-state index is 13.1. The van der Waals surface area contributed by atoms with Crippen molar-refractivity contribution >= 4 is 28.9 Å². The van der Waals surface area contributed by atoms with E-state index in [0.29, 0.717) is 13.0 Å². The van der Waals surface area contributed by atoms with Crippen LogP contribution >= 0.6 is 11.3 Å². The van der Waals surface area contributed by atoms with Gasteiger partial charge in [-0.3, -0.25) is 19.7 Å². The fraction of sp³-hybridized carbons (Fsp3) is 0.273. The summed E-state index contributed by atoms with van der Waals surface area (Å²) in [6.07, 6.45) is 6.15. The normalized spacial score (nSPS) is 15.9. The van der Waals surface area contributed by atoms with Gasteiger partial charge in [-0.05, 0) is 61.0 Å². The zero-order valence-corrected chi connectivity index (χ0v) is 23.8. The van der Waals surface area contributed by atoms with Crippen LogP contribution in [-0.4, -0.2) is 64.5 Å². The molecule has 6 rings (SSSR count). The molecule has 0 aliphatic carbocycles. The summed E-state index contributed by atoms with van der Waals surface area (Å²) in [6, 6.07) is 20.5. The van der Waals surface area contributed by atoms with Crippen LogP contribution in [0, 0.1) is 6.92 Å². The average molecular weight is 548 g/mol. The van der Waals surface area contributed by atoms with Crippen LogP contribution < -0.4 is 0 Å². The van der Waals surface area contributed by atoms with Gasteiger partial charge in [-0.2, -0.15) is 0 Å². The largest absolute Gasteiger partial charge is 0.304 e. The molecule has 2 aromatic carbocycles. The fourth-order valence-electron chi connectivity index (χ4n) is 5.25. The number of benzene rings is 2. The molecule has 202 valence electrons. The summed E-state index contributed by atoms with van der Waals surface area (Å²) in [6.45, 7) is 8.02. The molecule has 4 aromatic rings. The number of thiazole rings is 1. The highest BCUT2D eigenvalue weighted by atomic mass is 32.1. The van der Waals surface area contributed by atoms with Gasteiger partial charge in [0.05, 0.1) is 34.9 Å². The van der Waals surface area contributed by atoms with Crippen LogP contribution in [-0.2, 0) is 19.5 Å². The van der Waals surface area contributed by atoms with Gasteiger partial charge in [0.2, 0.25) is 0 Å². The molecule has 0 atom stereocenters. The number of aryl methyl sites for hydroxylation is 1. The van der Waals surface area contributed by atoms with Gasteiger partial charge in [0.15, 0.2) is 5.78 Å². The Balaban J connectivity index is 1.10. The van der Waals surface area contributed by atoms with Crippen molar-refractivity contribution in [1.29, 1.82) is 0 Å². The molecular formula is C33H33N5OS. The average Bonchev–Trinajstić information content (AvgIpc) is 3.56. The molecular weight excluding hydrogens is 514 g/mol. The number of likely N-dealkylation sites (N-methyl/N-ethyl adjacent to an activating group) is 1. The molecule has 0 N–H and O–H groups in total. The summed E-state index contributed by atoms with van der Waals surface area (Å²) >= 11 is 1.61. The van der Waals surface area contributed by atoms with Crippen LogP contribution in [0.25, 0.3) is 16.5 Å². The monoisotopic (exact) mass is 547 g/mol. The second-order valence-corrected chi connectivity index (χ2v) is 11.6. The first-order valence-electron chi connectivity index (χ1n) is 13.8. The zero-order chi connectivity index (χ0) is 27.5. The van der Waals surface area contributed by atoms with Crippen molar-refractivity contribution in [2.45, 2.75) is 26.4 Å². The predicted octanol–water partition coefficient (Wildman–Crippen LogP) is 5.70. The lowest BCUT2D eigenvalue weighted by Crippen LogP contribution is -2.43. The van der Waals surface area contributed by atoms with Gasteiger partial charge in [-0.1, -0.05) is 42.5 Å². The van der Waals surface area contributed by atoms with E-state index in [1.807, 2.05) is 49.4 Å². The number of nitrogens with zero attached hydrogens (tertiary/aromatic N) is 5. The first-order valence-corrected chi connectivity index (χ1v) is 14.6. The number of carbonyl (C=O) groups excluding carboxylic acids is 1. The summed E-state index contributed by atoms with van der Waals surface area (Å²) in [4.78, 5) is 32.9. The van der Waals surface area contributed by atoms with Gasteiger partial charge in [-0.15, -0.1) is 11.3 Å². The van der Waals surface area contributed by atoms with E-state index in [9.17, 15) is 4.79 Å². The van der Waals surface area contributed by atoms with E-state index in [1.165, 1.54) is 11.1 Å². The van der Waals surface area contributed by atoms with E-state index in [1.54, 1.807) is 17.5 Å². The third kappa shape index (κ3) is 6.02. The van der Waals surface area contributed by atoms with E-state index in [0.717, 1.165) is 76.4 Å². The molecule has 0 amide bonds. The molecule has 0 saturated carbocycles. The number of hydrogen-bond donors (Lipinski definition) is 0. The molecule has 40 heavy (non-hydrogen) atoms. The van der Waals surface area contributed by atoms with Gasteiger partial charge in [0, 0.05) is 50.0 Å². The minimum atomic E-state index is 0.109. The smallest absolute Gasteiger partial charge is 0.169 e. The summed E-state index contributed by atoms with van der Waals surface area (Å²) in [5.74, 6) is 0.109. The quantitative estimate of drug-likeness (QED) is 0.265. The van der Waals surface area contributed by atoms with Crippen molar-refractivity contribution in [2.75, 3.05) is 33.2 Å². The highest BCUT2D eigenvalue weighted by Gasteiger charge is 2.19. The number of aliphatic imine (C=N–C) groups is 1. The molecule has 6 nitrogen and oxygen atoms in total. The second kappa shape index (κ2) is 11.8. The molecule has 4 heterocycles. The van der Waals surface area contributed by atoms with Crippen LogP contribution in [0.3, 0.4) is 0 Å². The van der Waals surface area contributed by atoms with Gasteiger partial charge in [-0.25, -0.2) is 4.98 Å². The maximum Gasteiger partial charge on any atom is 0.169 e. The van der Waals surface area contributed by atoms with Crippen molar-refractivity contribution < 1.29 is 4.79 Å². The van der Waals surface area contributed by atoms with E-state index in [4.69, 9.17) is 9.98 Å². The third-order valence-corrected chi connectivity index (χ3v) is 8.80. The van der Waals surface area contributed by atoms with Gasteiger partial charge in [0.1, 0.15) is 5.01 Å². The Morgan fingerprint density at radius 2 is 1.82 bits per heavy atom. The lowest BCUT2D eigenvalue weighted by molar-refractivity contribution is 0.0993. The van der Waals surface area contributed by atoms with Crippen LogP contribution in [0.15, 0.2) is 77.9 Å².